The Balaban J connectivity index is 1.45. The number of likely N-dealkylation sites (tertiary alicyclic amines) is 2. The van der Waals surface area contributed by atoms with E-state index in [0.29, 0.717) is 46.5 Å². The Morgan fingerprint density at radius 1 is 0.936 bits per heavy atom. The zero-order valence-corrected chi connectivity index (χ0v) is 28.0. The van der Waals surface area contributed by atoms with E-state index in [-0.39, 0.29) is 10.6 Å². The number of halogens is 1. The molecular weight excluding hydrogens is 640 g/mol. The third kappa shape index (κ3) is 5.29. The first-order chi connectivity index (χ1) is 22.8. The Morgan fingerprint density at radius 2 is 1.72 bits per heavy atom. The topological polar surface area (TPSA) is 105 Å². The molecule has 10 nitrogen and oxygen atoms in total. The van der Waals surface area contributed by atoms with Crippen molar-refractivity contribution in [3.63, 3.8) is 0 Å². The van der Waals surface area contributed by atoms with Crippen LogP contribution in [0.3, 0.4) is 0 Å². The minimum Gasteiger partial charge on any atom is -0.497 e. The number of fused-ring (bicyclic) bond motifs is 1. The van der Waals surface area contributed by atoms with Crippen LogP contribution in [0.25, 0.3) is 0 Å². The second-order valence-electron chi connectivity index (χ2n) is 12.2. The lowest BCUT2D eigenvalue weighted by atomic mass is 9.80. The number of anilines is 1. The van der Waals surface area contributed by atoms with Crippen molar-refractivity contribution in [1.82, 2.24) is 14.8 Å². The molecule has 0 radical (unpaired) electrons. The third-order valence-corrected chi connectivity index (χ3v) is 11.5. The van der Waals surface area contributed by atoms with E-state index in [1.807, 2.05) is 23.1 Å². The van der Waals surface area contributed by atoms with Crippen LogP contribution in [0.1, 0.15) is 60.7 Å². The highest BCUT2D eigenvalue weighted by Crippen LogP contribution is 2.56. The number of rotatable bonds is 9. The van der Waals surface area contributed by atoms with Crippen LogP contribution in [0.4, 0.5) is 5.69 Å². The van der Waals surface area contributed by atoms with Gasteiger partial charge in [0.25, 0.3) is 15.9 Å². The molecule has 3 aliphatic rings. The quantitative estimate of drug-likeness (QED) is 0.207. The van der Waals surface area contributed by atoms with Crippen LogP contribution in [-0.2, 0) is 26.9 Å². The molecule has 4 heterocycles. The van der Waals surface area contributed by atoms with Crippen LogP contribution >= 0.6 is 11.6 Å². The maximum absolute atomic E-state index is 15.4. The molecule has 1 aromatic heterocycles. The van der Waals surface area contributed by atoms with Crippen molar-refractivity contribution in [3.05, 3.63) is 101 Å². The summed E-state index contributed by atoms with van der Waals surface area (Å²) < 4.78 is 47.1. The van der Waals surface area contributed by atoms with Crippen molar-refractivity contribution in [2.24, 2.45) is 0 Å². The van der Waals surface area contributed by atoms with E-state index in [1.54, 1.807) is 43.6 Å². The molecule has 0 bridgehead atoms. The molecule has 12 heteroatoms. The number of amides is 1. The standard InChI is InChI=1S/C35H37ClN4O6S/c1-44-26-10-12-27(13-11-26)47(42,43)40-30-15-9-25(36)22-29(30)35(34(40)41,39-19-6-7-31(39)33-37-16-20-46-33)28-14-8-24(21-32(28)45-2)23-38-17-4-3-5-18-38/h8-16,20-22,31H,3-7,17-19,23H2,1-2H3/t31-,35?/m0/s1. The summed E-state index contributed by atoms with van der Waals surface area (Å²) in [4.78, 5) is 24.3. The van der Waals surface area contributed by atoms with Crippen LogP contribution < -0.4 is 13.8 Å². The smallest absolute Gasteiger partial charge is 0.271 e. The van der Waals surface area contributed by atoms with Crippen LogP contribution in [0.5, 0.6) is 11.5 Å². The summed E-state index contributed by atoms with van der Waals surface area (Å²) in [6.07, 6.45) is 8.06. The fraction of sp³-hybridized carbons (Fsp3) is 0.371. The average Bonchev–Trinajstić information content (AvgIpc) is 3.84. The van der Waals surface area contributed by atoms with Gasteiger partial charge in [-0.25, -0.2) is 17.7 Å². The Kier molecular flexibility index (Phi) is 8.50. The maximum atomic E-state index is 15.4. The van der Waals surface area contributed by atoms with E-state index in [2.05, 4.69) is 9.88 Å². The molecule has 47 heavy (non-hydrogen) atoms. The number of hydrogen-bond donors (Lipinski definition) is 0. The van der Waals surface area contributed by atoms with Crippen LogP contribution in [0, 0.1) is 0 Å². The van der Waals surface area contributed by atoms with E-state index in [0.717, 1.165) is 35.9 Å². The van der Waals surface area contributed by atoms with Gasteiger partial charge in [-0.2, -0.15) is 0 Å². The zero-order chi connectivity index (χ0) is 32.8. The minimum atomic E-state index is -4.39. The minimum absolute atomic E-state index is 0.0436. The van der Waals surface area contributed by atoms with Crippen molar-refractivity contribution in [2.45, 2.75) is 55.1 Å². The van der Waals surface area contributed by atoms with Crippen LogP contribution in [0.15, 0.2) is 82.4 Å². The van der Waals surface area contributed by atoms with Gasteiger partial charge in [0.1, 0.15) is 17.8 Å². The summed E-state index contributed by atoms with van der Waals surface area (Å²) in [7, 11) is -1.31. The number of oxazole rings is 1. The zero-order valence-electron chi connectivity index (χ0n) is 26.4. The predicted octanol–water partition coefficient (Wildman–Crippen LogP) is 6.15. The molecule has 2 atom stereocenters. The number of carbonyl (C=O) groups excluding carboxylic acids is 1. The van der Waals surface area contributed by atoms with Gasteiger partial charge in [-0.1, -0.05) is 30.2 Å². The van der Waals surface area contributed by atoms with Crippen LogP contribution in [0.2, 0.25) is 5.02 Å². The molecule has 0 spiro atoms. The number of hydrogen-bond acceptors (Lipinski definition) is 9. The molecule has 3 aromatic carbocycles. The number of benzene rings is 3. The van der Waals surface area contributed by atoms with Gasteiger partial charge >= 0.3 is 0 Å². The van der Waals surface area contributed by atoms with Crippen LogP contribution in [-0.4, -0.2) is 63.0 Å². The van der Waals surface area contributed by atoms with Gasteiger partial charge in [0.05, 0.1) is 37.0 Å². The predicted molar refractivity (Wildman–Crippen MR) is 177 cm³/mol. The molecule has 2 saturated heterocycles. The van der Waals surface area contributed by atoms with E-state index in [9.17, 15) is 8.42 Å². The Bertz CT molecular complexity index is 1880. The molecule has 4 aromatic rings. The number of nitrogens with zero attached hydrogens (tertiary/aromatic N) is 4. The first-order valence-electron chi connectivity index (χ1n) is 15.9. The highest BCUT2D eigenvalue weighted by molar-refractivity contribution is 7.93. The first kappa shape index (κ1) is 31.7. The summed E-state index contributed by atoms with van der Waals surface area (Å²) in [6.45, 7) is 3.28. The molecule has 0 N–H and O–H groups in total. The molecular formula is C35H37ClN4O6S. The molecule has 7 rings (SSSR count). The van der Waals surface area contributed by atoms with E-state index < -0.39 is 27.5 Å². The van der Waals surface area contributed by atoms with Gasteiger partial charge in [0.2, 0.25) is 5.89 Å². The summed E-state index contributed by atoms with van der Waals surface area (Å²) in [6, 6.07) is 16.4. The molecule has 1 amide bonds. The van der Waals surface area contributed by atoms with Crippen molar-refractivity contribution >= 4 is 33.2 Å². The normalized spacial score (nSPS) is 22.1. The largest absolute Gasteiger partial charge is 0.497 e. The highest BCUT2D eigenvalue weighted by Gasteiger charge is 2.62. The Morgan fingerprint density at radius 3 is 2.43 bits per heavy atom. The Labute approximate surface area is 279 Å². The lowest BCUT2D eigenvalue weighted by Gasteiger charge is -2.41. The molecule has 3 aliphatic heterocycles. The number of ether oxygens (including phenoxy) is 2. The van der Waals surface area contributed by atoms with Gasteiger partial charge < -0.3 is 13.9 Å². The third-order valence-electron chi connectivity index (χ3n) is 9.59. The number of carbonyl (C=O) groups is 1. The van der Waals surface area contributed by atoms with Gasteiger partial charge in [-0.15, -0.1) is 0 Å². The second-order valence-corrected chi connectivity index (χ2v) is 14.4. The van der Waals surface area contributed by atoms with E-state index in [1.165, 1.54) is 44.8 Å². The van der Waals surface area contributed by atoms with Crippen molar-refractivity contribution in [1.29, 1.82) is 0 Å². The van der Waals surface area contributed by atoms with E-state index in [4.69, 9.17) is 25.5 Å². The number of aromatic nitrogens is 1. The lowest BCUT2D eigenvalue weighted by Crippen LogP contribution is -2.54. The number of piperidine rings is 1. The first-order valence-corrected chi connectivity index (χ1v) is 17.7. The fourth-order valence-corrected chi connectivity index (χ4v) is 9.10. The second kappa shape index (κ2) is 12.6. The summed E-state index contributed by atoms with van der Waals surface area (Å²) in [5.41, 5.74) is 0.625. The van der Waals surface area contributed by atoms with Gasteiger partial charge in [0, 0.05) is 29.2 Å². The van der Waals surface area contributed by atoms with Gasteiger partial charge in [0.15, 0.2) is 5.54 Å². The van der Waals surface area contributed by atoms with Gasteiger partial charge in [-0.05, 0) is 92.9 Å². The molecule has 0 saturated carbocycles. The molecule has 2 fully saturated rings. The molecule has 1 unspecified atom stereocenters. The number of sulfonamides is 1. The lowest BCUT2D eigenvalue weighted by molar-refractivity contribution is -0.127. The fourth-order valence-electron chi connectivity index (χ4n) is 7.46. The average molecular weight is 677 g/mol. The summed E-state index contributed by atoms with van der Waals surface area (Å²) in [5.74, 6) is 0.792. The van der Waals surface area contributed by atoms with Crippen molar-refractivity contribution < 1.29 is 27.1 Å². The highest BCUT2D eigenvalue weighted by atomic mass is 35.5. The number of methoxy groups -OCH3 is 2. The van der Waals surface area contributed by atoms with E-state index >= 15 is 4.79 Å². The SMILES string of the molecule is COc1ccc(S(=O)(=O)N2C(=O)C(c3ccc(CN4CCCCC4)cc3OC)(N3CCC[C@H]3c3ncco3)c3cc(Cl)ccc32)cc1. The monoisotopic (exact) mass is 676 g/mol. The van der Waals surface area contributed by atoms with Crippen molar-refractivity contribution in [2.75, 3.05) is 38.2 Å². The Hall–Kier alpha value is -3.90. The van der Waals surface area contributed by atoms with Gasteiger partial charge in [-0.3, -0.25) is 14.6 Å². The molecule has 0 aliphatic carbocycles. The maximum Gasteiger partial charge on any atom is 0.271 e. The molecule has 246 valence electrons. The summed E-state index contributed by atoms with van der Waals surface area (Å²) in [5, 5.41) is 0.372. The summed E-state index contributed by atoms with van der Waals surface area (Å²) >= 11 is 6.67. The van der Waals surface area contributed by atoms with Crippen molar-refractivity contribution in [3.8, 4) is 11.5 Å².